The molecular formula is C11H24N2O2S. The van der Waals surface area contributed by atoms with E-state index in [-0.39, 0.29) is 17.7 Å². The van der Waals surface area contributed by atoms with Crippen LogP contribution in [0, 0.1) is 11.8 Å². The number of nitrogens with two attached hydrogens (primary N) is 1. The minimum atomic E-state index is -3.13. The Morgan fingerprint density at radius 2 is 2.06 bits per heavy atom. The SMILES string of the molecule is CCCC(C)CS(=O)(=O)NCC(N)C1CC1. The minimum Gasteiger partial charge on any atom is -0.326 e. The zero-order chi connectivity index (χ0) is 12.2. The first kappa shape index (κ1) is 13.9. The highest BCUT2D eigenvalue weighted by Gasteiger charge is 2.29. The molecule has 0 aliphatic heterocycles. The molecule has 2 atom stereocenters. The fourth-order valence-corrected chi connectivity index (χ4v) is 3.40. The van der Waals surface area contributed by atoms with Gasteiger partial charge in [0.05, 0.1) is 5.75 Å². The van der Waals surface area contributed by atoms with Gasteiger partial charge in [0.25, 0.3) is 0 Å². The van der Waals surface area contributed by atoms with Crippen LogP contribution >= 0.6 is 0 Å². The van der Waals surface area contributed by atoms with Crippen LogP contribution in [-0.4, -0.2) is 26.8 Å². The maximum Gasteiger partial charge on any atom is 0.211 e. The molecule has 0 spiro atoms. The molecule has 1 rings (SSSR count). The summed E-state index contributed by atoms with van der Waals surface area (Å²) in [5.74, 6) is 0.980. The van der Waals surface area contributed by atoms with Crippen LogP contribution in [0.15, 0.2) is 0 Å². The van der Waals surface area contributed by atoms with E-state index in [1.54, 1.807) is 0 Å². The van der Waals surface area contributed by atoms with Crippen molar-refractivity contribution in [1.82, 2.24) is 4.72 Å². The average molecular weight is 248 g/mol. The van der Waals surface area contributed by atoms with E-state index in [9.17, 15) is 8.42 Å². The molecule has 0 aromatic rings. The van der Waals surface area contributed by atoms with E-state index < -0.39 is 10.0 Å². The Bertz CT molecular complexity index is 299. The molecule has 1 aliphatic rings. The molecule has 0 bridgehead atoms. The van der Waals surface area contributed by atoms with Crippen LogP contribution in [0.1, 0.15) is 39.5 Å². The van der Waals surface area contributed by atoms with Crippen molar-refractivity contribution < 1.29 is 8.42 Å². The molecule has 0 saturated heterocycles. The van der Waals surface area contributed by atoms with Gasteiger partial charge in [-0.05, 0) is 31.1 Å². The van der Waals surface area contributed by atoms with Gasteiger partial charge in [-0.3, -0.25) is 0 Å². The highest BCUT2D eigenvalue weighted by molar-refractivity contribution is 7.89. The third-order valence-electron chi connectivity index (χ3n) is 3.05. The molecule has 3 N–H and O–H groups in total. The van der Waals surface area contributed by atoms with Gasteiger partial charge in [0.15, 0.2) is 0 Å². The van der Waals surface area contributed by atoms with E-state index in [0.717, 1.165) is 25.7 Å². The van der Waals surface area contributed by atoms with E-state index in [1.807, 2.05) is 6.92 Å². The molecule has 16 heavy (non-hydrogen) atoms. The maximum absolute atomic E-state index is 11.7. The Kier molecular flexibility index (Phi) is 5.21. The van der Waals surface area contributed by atoms with Crippen molar-refractivity contribution in [1.29, 1.82) is 0 Å². The summed E-state index contributed by atoms with van der Waals surface area (Å²) in [7, 11) is -3.13. The Morgan fingerprint density at radius 3 is 2.56 bits per heavy atom. The average Bonchev–Trinajstić information content (AvgIpc) is 2.96. The lowest BCUT2D eigenvalue weighted by Gasteiger charge is -2.14. The predicted octanol–water partition coefficient (Wildman–Crippen LogP) is 1.08. The minimum absolute atomic E-state index is 0.00347. The van der Waals surface area contributed by atoms with Crippen molar-refractivity contribution in [3.63, 3.8) is 0 Å². The number of hydrogen-bond donors (Lipinski definition) is 2. The van der Waals surface area contributed by atoms with Crippen molar-refractivity contribution in [2.75, 3.05) is 12.3 Å². The summed E-state index contributed by atoms with van der Waals surface area (Å²) in [6, 6.07) is -0.00347. The molecule has 0 aromatic carbocycles. The molecule has 1 fully saturated rings. The predicted molar refractivity (Wildman–Crippen MR) is 66.6 cm³/mol. The van der Waals surface area contributed by atoms with Crippen LogP contribution in [0.3, 0.4) is 0 Å². The first-order valence-electron chi connectivity index (χ1n) is 6.17. The number of hydrogen-bond acceptors (Lipinski definition) is 3. The summed E-state index contributed by atoms with van der Waals surface area (Å²) in [4.78, 5) is 0. The Hall–Kier alpha value is -0.130. The Labute approximate surface area is 99.0 Å². The standard InChI is InChI=1S/C11H24N2O2S/c1-3-4-9(2)8-16(14,15)13-7-11(12)10-5-6-10/h9-11,13H,3-8,12H2,1-2H3. The second-order valence-corrected chi connectivity index (χ2v) is 6.88. The van der Waals surface area contributed by atoms with Crippen LogP contribution in [-0.2, 0) is 10.0 Å². The monoisotopic (exact) mass is 248 g/mol. The zero-order valence-corrected chi connectivity index (χ0v) is 11.1. The van der Waals surface area contributed by atoms with Crippen LogP contribution in [0.25, 0.3) is 0 Å². The molecule has 0 radical (unpaired) electrons. The molecule has 96 valence electrons. The molecule has 4 nitrogen and oxygen atoms in total. The summed E-state index contributed by atoms with van der Waals surface area (Å²) in [6.45, 7) is 4.44. The van der Waals surface area contributed by atoms with Gasteiger partial charge in [0.2, 0.25) is 10.0 Å². The lowest BCUT2D eigenvalue weighted by molar-refractivity contribution is 0.522. The highest BCUT2D eigenvalue weighted by Crippen LogP contribution is 2.31. The second-order valence-electron chi connectivity index (χ2n) is 5.03. The van der Waals surface area contributed by atoms with E-state index in [0.29, 0.717) is 12.5 Å². The molecule has 0 aromatic heterocycles. The second kappa shape index (κ2) is 5.98. The van der Waals surface area contributed by atoms with Crippen molar-refractivity contribution in [3.8, 4) is 0 Å². The Balaban J connectivity index is 2.27. The maximum atomic E-state index is 11.7. The highest BCUT2D eigenvalue weighted by atomic mass is 32.2. The van der Waals surface area contributed by atoms with Crippen LogP contribution in [0.5, 0.6) is 0 Å². The first-order chi connectivity index (χ1) is 7.44. The molecular weight excluding hydrogens is 224 g/mol. The topological polar surface area (TPSA) is 72.2 Å². The zero-order valence-electron chi connectivity index (χ0n) is 10.3. The lowest BCUT2D eigenvalue weighted by Crippen LogP contribution is -2.40. The summed E-state index contributed by atoms with van der Waals surface area (Å²) in [5, 5.41) is 0. The fourth-order valence-electron chi connectivity index (χ4n) is 1.92. The largest absolute Gasteiger partial charge is 0.326 e. The van der Waals surface area contributed by atoms with Crippen LogP contribution < -0.4 is 10.5 Å². The third kappa shape index (κ3) is 5.27. The lowest BCUT2D eigenvalue weighted by atomic mass is 10.1. The van der Waals surface area contributed by atoms with Crippen molar-refractivity contribution in [2.45, 2.75) is 45.6 Å². The van der Waals surface area contributed by atoms with Gasteiger partial charge in [-0.15, -0.1) is 0 Å². The van der Waals surface area contributed by atoms with Gasteiger partial charge in [0.1, 0.15) is 0 Å². The van der Waals surface area contributed by atoms with Gasteiger partial charge >= 0.3 is 0 Å². The molecule has 1 aliphatic carbocycles. The number of nitrogens with one attached hydrogen (secondary N) is 1. The van der Waals surface area contributed by atoms with Crippen molar-refractivity contribution in [2.24, 2.45) is 17.6 Å². The Morgan fingerprint density at radius 1 is 1.44 bits per heavy atom. The smallest absolute Gasteiger partial charge is 0.211 e. The summed E-state index contributed by atoms with van der Waals surface area (Å²) >= 11 is 0. The van der Waals surface area contributed by atoms with Crippen LogP contribution in [0.4, 0.5) is 0 Å². The molecule has 0 amide bonds. The molecule has 2 unspecified atom stereocenters. The van der Waals surface area contributed by atoms with Crippen molar-refractivity contribution in [3.05, 3.63) is 0 Å². The fraction of sp³-hybridized carbons (Fsp3) is 1.00. The van der Waals surface area contributed by atoms with Gasteiger partial charge in [-0.1, -0.05) is 20.3 Å². The quantitative estimate of drug-likeness (QED) is 0.675. The summed E-state index contributed by atoms with van der Waals surface area (Å²) in [5.41, 5.74) is 5.85. The van der Waals surface area contributed by atoms with E-state index in [2.05, 4.69) is 11.6 Å². The van der Waals surface area contributed by atoms with E-state index in [1.165, 1.54) is 0 Å². The third-order valence-corrected chi connectivity index (χ3v) is 4.67. The summed E-state index contributed by atoms with van der Waals surface area (Å²) in [6.07, 6.45) is 4.28. The number of rotatable bonds is 8. The first-order valence-corrected chi connectivity index (χ1v) is 7.82. The van der Waals surface area contributed by atoms with Gasteiger partial charge in [-0.25, -0.2) is 13.1 Å². The van der Waals surface area contributed by atoms with Gasteiger partial charge < -0.3 is 5.73 Å². The molecule has 0 heterocycles. The normalized spacial score (nSPS) is 20.7. The molecule has 1 saturated carbocycles. The summed E-state index contributed by atoms with van der Waals surface area (Å²) < 4.78 is 26.0. The molecule has 5 heteroatoms. The van der Waals surface area contributed by atoms with Crippen molar-refractivity contribution >= 4 is 10.0 Å². The van der Waals surface area contributed by atoms with Gasteiger partial charge in [-0.2, -0.15) is 0 Å². The van der Waals surface area contributed by atoms with Crippen LogP contribution in [0.2, 0.25) is 0 Å². The van der Waals surface area contributed by atoms with E-state index in [4.69, 9.17) is 5.73 Å². The number of sulfonamides is 1. The van der Waals surface area contributed by atoms with E-state index >= 15 is 0 Å². The van der Waals surface area contributed by atoms with Gasteiger partial charge in [0, 0.05) is 12.6 Å².